The lowest BCUT2D eigenvalue weighted by Crippen LogP contribution is -2.53. The molecule has 0 heterocycles. The van der Waals surface area contributed by atoms with E-state index >= 15 is 0 Å². The lowest BCUT2D eigenvalue weighted by atomic mass is 9.96. The zero-order valence-corrected chi connectivity index (χ0v) is 11.5. The van der Waals surface area contributed by atoms with Crippen LogP contribution >= 0.6 is 12.4 Å². The second-order valence-electron chi connectivity index (χ2n) is 4.32. The number of hydrogen-bond donors (Lipinski definition) is 2. The van der Waals surface area contributed by atoms with E-state index in [1.807, 2.05) is 13.8 Å². The van der Waals surface area contributed by atoms with Crippen molar-refractivity contribution in [3.63, 3.8) is 0 Å². The van der Waals surface area contributed by atoms with Crippen molar-refractivity contribution in [1.29, 1.82) is 0 Å². The summed E-state index contributed by atoms with van der Waals surface area (Å²) in [6.45, 7) is 6.40. The molecular weight excluding hydrogens is 228 g/mol. The summed E-state index contributed by atoms with van der Waals surface area (Å²) in [4.78, 5) is 11.8. The van der Waals surface area contributed by atoms with Crippen molar-refractivity contribution in [3.8, 4) is 0 Å². The average molecular weight is 253 g/mol. The Hall–Kier alpha value is -0.320. The molecule has 1 amide bonds. The van der Waals surface area contributed by atoms with E-state index in [0.29, 0.717) is 13.0 Å². The largest absolute Gasteiger partial charge is 0.385 e. The topological polar surface area (TPSA) is 64.4 Å². The molecule has 0 aromatic heterocycles. The monoisotopic (exact) mass is 252 g/mol. The van der Waals surface area contributed by atoms with Gasteiger partial charge in [0.25, 0.3) is 0 Å². The Labute approximate surface area is 105 Å². The molecular formula is C11H25ClN2O2. The molecule has 0 spiro atoms. The fourth-order valence-electron chi connectivity index (χ4n) is 1.39. The minimum absolute atomic E-state index is 0. The summed E-state index contributed by atoms with van der Waals surface area (Å²) in [5.41, 5.74) is 5.15. The van der Waals surface area contributed by atoms with E-state index in [9.17, 15) is 4.79 Å². The van der Waals surface area contributed by atoms with Crippen LogP contribution in [0.2, 0.25) is 0 Å². The van der Waals surface area contributed by atoms with E-state index in [0.717, 1.165) is 12.8 Å². The normalized spacial score (nSPS) is 15.8. The molecule has 0 saturated heterocycles. The highest BCUT2D eigenvalue weighted by atomic mass is 35.5. The fourth-order valence-corrected chi connectivity index (χ4v) is 1.39. The van der Waals surface area contributed by atoms with Crippen molar-refractivity contribution < 1.29 is 9.53 Å². The van der Waals surface area contributed by atoms with Gasteiger partial charge >= 0.3 is 0 Å². The van der Waals surface area contributed by atoms with Gasteiger partial charge in [-0.1, -0.05) is 13.3 Å². The Kier molecular flexibility index (Phi) is 9.92. The minimum atomic E-state index is -0.754. The minimum Gasteiger partial charge on any atom is -0.385 e. The number of nitrogens with one attached hydrogen (secondary N) is 1. The van der Waals surface area contributed by atoms with Crippen molar-refractivity contribution in [2.45, 2.75) is 51.6 Å². The van der Waals surface area contributed by atoms with Gasteiger partial charge in [0.2, 0.25) is 5.91 Å². The van der Waals surface area contributed by atoms with Gasteiger partial charge in [0, 0.05) is 19.8 Å². The van der Waals surface area contributed by atoms with Crippen LogP contribution in [0.4, 0.5) is 0 Å². The molecule has 0 aliphatic carbocycles. The third kappa shape index (κ3) is 7.04. The quantitative estimate of drug-likeness (QED) is 0.721. The van der Waals surface area contributed by atoms with E-state index < -0.39 is 5.54 Å². The van der Waals surface area contributed by atoms with Gasteiger partial charge in [-0.3, -0.25) is 4.79 Å². The molecule has 3 N–H and O–H groups in total. The van der Waals surface area contributed by atoms with Crippen LogP contribution in [0, 0.1) is 0 Å². The number of methoxy groups -OCH3 is 1. The summed E-state index contributed by atoms with van der Waals surface area (Å²) in [6.07, 6.45) is 2.42. The van der Waals surface area contributed by atoms with Crippen LogP contribution in [-0.4, -0.2) is 31.2 Å². The van der Waals surface area contributed by atoms with Gasteiger partial charge in [0.05, 0.1) is 5.54 Å². The Morgan fingerprint density at radius 1 is 1.56 bits per heavy atom. The molecule has 0 aliphatic rings. The summed E-state index contributed by atoms with van der Waals surface area (Å²) >= 11 is 0. The SMILES string of the molecule is CCCC(C)(N)C(=O)NC(C)CCOC.Cl. The maximum atomic E-state index is 11.8. The Morgan fingerprint density at radius 3 is 2.56 bits per heavy atom. The van der Waals surface area contributed by atoms with Crippen LogP contribution in [0.25, 0.3) is 0 Å². The molecule has 0 bridgehead atoms. The number of amides is 1. The predicted octanol–water partition coefficient (Wildman–Crippen LogP) is 1.47. The second-order valence-corrected chi connectivity index (χ2v) is 4.32. The maximum Gasteiger partial charge on any atom is 0.240 e. The smallest absolute Gasteiger partial charge is 0.240 e. The van der Waals surface area contributed by atoms with E-state index in [1.165, 1.54) is 0 Å². The number of halogens is 1. The van der Waals surface area contributed by atoms with E-state index in [2.05, 4.69) is 5.32 Å². The Bertz CT molecular complexity index is 198. The average Bonchev–Trinajstić information content (AvgIpc) is 2.14. The molecule has 0 aliphatic heterocycles. The van der Waals surface area contributed by atoms with Gasteiger partial charge in [0.1, 0.15) is 0 Å². The van der Waals surface area contributed by atoms with Gasteiger partial charge in [0.15, 0.2) is 0 Å². The summed E-state index contributed by atoms with van der Waals surface area (Å²) < 4.78 is 4.94. The molecule has 0 saturated carbocycles. The third-order valence-electron chi connectivity index (χ3n) is 2.42. The molecule has 5 heteroatoms. The van der Waals surface area contributed by atoms with Gasteiger partial charge in [-0.2, -0.15) is 0 Å². The molecule has 0 rings (SSSR count). The molecule has 2 unspecified atom stereocenters. The van der Waals surface area contributed by atoms with Crippen molar-refractivity contribution in [1.82, 2.24) is 5.32 Å². The van der Waals surface area contributed by atoms with Gasteiger partial charge in [-0.05, 0) is 26.7 Å². The van der Waals surface area contributed by atoms with Crippen LogP contribution in [-0.2, 0) is 9.53 Å². The molecule has 16 heavy (non-hydrogen) atoms. The molecule has 0 fully saturated rings. The summed E-state index contributed by atoms with van der Waals surface area (Å²) in [6, 6.07) is 0.109. The number of nitrogens with two attached hydrogens (primary N) is 1. The predicted molar refractivity (Wildman–Crippen MR) is 68.8 cm³/mol. The molecule has 0 aromatic rings. The van der Waals surface area contributed by atoms with E-state index in [-0.39, 0.29) is 24.4 Å². The molecule has 0 radical (unpaired) electrons. The van der Waals surface area contributed by atoms with Crippen LogP contribution in [0.3, 0.4) is 0 Å². The third-order valence-corrected chi connectivity index (χ3v) is 2.42. The highest BCUT2D eigenvalue weighted by Gasteiger charge is 2.27. The van der Waals surface area contributed by atoms with Gasteiger partial charge < -0.3 is 15.8 Å². The first-order valence-corrected chi connectivity index (χ1v) is 5.52. The lowest BCUT2D eigenvalue weighted by molar-refractivity contribution is -0.126. The number of carbonyl (C=O) groups excluding carboxylic acids is 1. The molecule has 2 atom stereocenters. The highest BCUT2D eigenvalue weighted by Crippen LogP contribution is 2.09. The van der Waals surface area contributed by atoms with E-state index in [4.69, 9.17) is 10.5 Å². The molecule has 4 nitrogen and oxygen atoms in total. The lowest BCUT2D eigenvalue weighted by Gasteiger charge is -2.25. The number of carbonyl (C=O) groups is 1. The fraction of sp³-hybridized carbons (Fsp3) is 0.909. The Balaban J connectivity index is 0. The molecule has 98 valence electrons. The first-order chi connectivity index (χ1) is 6.94. The second kappa shape index (κ2) is 8.79. The maximum absolute atomic E-state index is 11.8. The van der Waals surface area contributed by atoms with Gasteiger partial charge in [-0.15, -0.1) is 12.4 Å². The summed E-state index contributed by atoms with van der Waals surface area (Å²) in [5, 5.41) is 2.90. The van der Waals surface area contributed by atoms with Crippen LogP contribution in [0.5, 0.6) is 0 Å². The Morgan fingerprint density at radius 2 is 2.12 bits per heavy atom. The zero-order valence-electron chi connectivity index (χ0n) is 10.7. The number of rotatable bonds is 7. The first-order valence-electron chi connectivity index (χ1n) is 5.52. The number of ether oxygens (including phenoxy) is 1. The van der Waals surface area contributed by atoms with Gasteiger partial charge in [-0.25, -0.2) is 0 Å². The molecule has 0 aromatic carbocycles. The summed E-state index contributed by atoms with van der Waals surface area (Å²) in [7, 11) is 1.65. The zero-order chi connectivity index (χ0) is 11.9. The number of hydrogen-bond acceptors (Lipinski definition) is 3. The van der Waals surface area contributed by atoms with Crippen molar-refractivity contribution in [2.75, 3.05) is 13.7 Å². The standard InChI is InChI=1S/C11H24N2O2.ClH/c1-5-7-11(3,12)10(14)13-9(2)6-8-15-4;/h9H,5-8,12H2,1-4H3,(H,13,14);1H. The van der Waals surface area contributed by atoms with Crippen molar-refractivity contribution in [3.05, 3.63) is 0 Å². The van der Waals surface area contributed by atoms with Crippen molar-refractivity contribution in [2.24, 2.45) is 5.73 Å². The first kappa shape index (κ1) is 18.1. The van der Waals surface area contributed by atoms with Crippen LogP contribution in [0.1, 0.15) is 40.0 Å². The highest BCUT2D eigenvalue weighted by molar-refractivity contribution is 5.85. The van der Waals surface area contributed by atoms with Crippen molar-refractivity contribution >= 4 is 18.3 Å². The van der Waals surface area contributed by atoms with Crippen LogP contribution < -0.4 is 11.1 Å². The van der Waals surface area contributed by atoms with E-state index in [1.54, 1.807) is 14.0 Å². The summed E-state index contributed by atoms with van der Waals surface area (Å²) in [5.74, 6) is -0.0760. The van der Waals surface area contributed by atoms with Crippen LogP contribution in [0.15, 0.2) is 0 Å².